The zero-order valence-electron chi connectivity index (χ0n) is 14.5. The lowest BCUT2D eigenvalue weighted by molar-refractivity contribution is 0.184. The molecule has 2 heterocycles. The van der Waals surface area contributed by atoms with Crippen molar-refractivity contribution in [3.05, 3.63) is 40.7 Å². The highest BCUT2D eigenvalue weighted by Crippen LogP contribution is 2.28. The molecule has 0 spiro atoms. The van der Waals surface area contributed by atoms with Crippen LogP contribution in [0.25, 0.3) is 0 Å². The van der Waals surface area contributed by atoms with Crippen molar-refractivity contribution in [2.24, 2.45) is 0 Å². The first-order valence-electron chi connectivity index (χ1n) is 8.01. The Bertz CT molecular complexity index is 839. The maximum Gasteiger partial charge on any atom is 0.262 e. The third-order valence-electron chi connectivity index (χ3n) is 4.70. The fraction of sp³-hybridized carbons (Fsp3) is 0.471. The number of nitrogens with zero attached hydrogens (tertiary/aromatic N) is 2. The van der Waals surface area contributed by atoms with Gasteiger partial charge in [-0.25, -0.2) is 8.42 Å². The van der Waals surface area contributed by atoms with Gasteiger partial charge in [0.15, 0.2) is 0 Å². The second kappa shape index (κ2) is 6.22. The maximum absolute atomic E-state index is 12.9. The van der Waals surface area contributed by atoms with E-state index in [1.165, 1.54) is 0 Å². The Balaban J connectivity index is 1.92. The molecule has 1 fully saturated rings. The number of aryl methyl sites for hydroxylation is 2. The zero-order chi connectivity index (χ0) is 17.5. The van der Waals surface area contributed by atoms with Crippen LogP contribution < -0.4 is 4.72 Å². The molecule has 7 heteroatoms. The van der Waals surface area contributed by atoms with E-state index in [1.54, 1.807) is 17.1 Å². The van der Waals surface area contributed by atoms with Gasteiger partial charge in [-0.1, -0.05) is 6.07 Å². The molecule has 2 aromatic rings. The van der Waals surface area contributed by atoms with Crippen molar-refractivity contribution in [1.82, 2.24) is 9.78 Å². The van der Waals surface area contributed by atoms with Gasteiger partial charge in [0.1, 0.15) is 0 Å². The average molecular weight is 349 g/mol. The molecule has 1 aromatic heterocycles. The van der Waals surface area contributed by atoms with Crippen LogP contribution in [0.5, 0.6) is 0 Å². The van der Waals surface area contributed by atoms with E-state index < -0.39 is 10.0 Å². The summed E-state index contributed by atoms with van der Waals surface area (Å²) in [7, 11) is -3.66. The topological polar surface area (TPSA) is 73.2 Å². The molecular formula is C17H23N3O3S. The van der Waals surface area contributed by atoms with Gasteiger partial charge in [0.05, 0.1) is 29.4 Å². The summed E-state index contributed by atoms with van der Waals surface area (Å²) < 4.78 is 35.6. The van der Waals surface area contributed by atoms with E-state index in [9.17, 15) is 8.42 Å². The van der Waals surface area contributed by atoms with Crippen molar-refractivity contribution < 1.29 is 13.2 Å². The molecule has 0 amide bonds. The monoisotopic (exact) mass is 349 g/mol. The molecule has 0 radical (unpaired) electrons. The van der Waals surface area contributed by atoms with E-state index >= 15 is 0 Å². The Hall–Kier alpha value is -1.86. The standard InChI is InChI=1S/C17H23N3O3S/c1-11-7-12(2)14(4)17(13(11)3)24(21,22)19-15-8-18-20(9-15)16-5-6-23-10-16/h7-9,16,19H,5-6,10H2,1-4H3/t16-/m0/s1. The van der Waals surface area contributed by atoms with Gasteiger partial charge >= 0.3 is 0 Å². The summed E-state index contributed by atoms with van der Waals surface area (Å²) in [6.07, 6.45) is 4.16. The first kappa shape index (κ1) is 17.0. The summed E-state index contributed by atoms with van der Waals surface area (Å²) in [6, 6.07) is 2.19. The van der Waals surface area contributed by atoms with Crippen molar-refractivity contribution in [2.45, 2.75) is 45.1 Å². The van der Waals surface area contributed by atoms with Crippen LogP contribution in [-0.2, 0) is 14.8 Å². The minimum Gasteiger partial charge on any atom is -0.379 e. The fourth-order valence-electron chi connectivity index (χ4n) is 3.11. The third-order valence-corrected chi connectivity index (χ3v) is 6.35. The summed E-state index contributed by atoms with van der Waals surface area (Å²) in [6.45, 7) is 8.87. The van der Waals surface area contributed by atoms with E-state index in [1.807, 2.05) is 33.8 Å². The Morgan fingerprint density at radius 3 is 2.46 bits per heavy atom. The molecular weight excluding hydrogens is 326 g/mol. The number of ether oxygens (including phenoxy) is 1. The van der Waals surface area contributed by atoms with E-state index in [4.69, 9.17) is 4.74 Å². The van der Waals surface area contributed by atoms with Crippen LogP contribution in [0, 0.1) is 27.7 Å². The van der Waals surface area contributed by atoms with Crippen molar-refractivity contribution in [1.29, 1.82) is 0 Å². The molecule has 130 valence electrons. The smallest absolute Gasteiger partial charge is 0.262 e. The molecule has 0 saturated carbocycles. The summed E-state index contributed by atoms with van der Waals surface area (Å²) >= 11 is 0. The second-order valence-corrected chi connectivity index (χ2v) is 8.04. The van der Waals surface area contributed by atoms with Gasteiger partial charge < -0.3 is 4.74 Å². The van der Waals surface area contributed by atoms with Crippen molar-refractivity contribution >= 4 is 15.7 Å². The number of hydrogen-bond donors (Lipinski definition) is 1. The van der Waals surface area contributed by atoms with Crippen LogP contribution in [0.4, 0.5) is 5.69 Å². The Kier molecular flexibility index (Phi) is 4.40. The molecule has 3 rings (SSSR count). The molecule has 0 aliphatic carbocycles. The lowest BCUT2D eigenvalue weighted by Gasteiger charge is -2.16. The molecule has 1 saturated heterocycles. The van der Waals surface area contributed by atoms with Crippen molar-refractivity contribution in [3.63, 3.8) is 0 Å². The van der Waals surface area contributed by atoms with Gasteiger partial charge in [0.25, 0.3) is 10.0 Å². The Labute approximate surface area is 142 Å². The van der Waals surface area contributed by atoms with Gasteiger partial charge in [-0.3, -0.25) is 9.40 Å². The highest BCUT2D eigenvalue weighted by atomic mass is 32.2. The lowest BCUT2D eigenvalue weighted by atomic mass is 10.0. The van der Waals surface area contributed by atoms with Crippen LogP contribution >= 0.6 is 0 Å². The minimum absolute atomic E-state index is 0.174. The number of hydrogen-bond acceptors (Lipinski definition) is 4. The average Bonchev–Trinajstić information content (AvgIpc) is 3.15. The number of sulfonamides is 1. The zero-order valence-corrected chi connectivity index (χ0v) is 15.3. The van der Waals surface area contributed by atoms with Crippen LogP contribution in [0.2, 0.25) is 0 Å². The molecule has 24 heavy (non-hydrogen) atoms. The normalized spacial score (nSPS) is 18.1. The van der Waals surface area contributed by atoms with Crippen LogP contribution in [0.3, 0.4) is 0 Å². The Morgan fingerprint density at radius 2 is 1.88 bits per heavy atom. The highest BCUT2D eigenvalue weighted by molar-refractivity contribution is 7.92. The summed E-state index contributed by atoms with van der Waals surface area (Å²) in [5.74, 6) is 0. The summed E-state index contributed by atoms with van der Waals surface area (Å²) in [5, 5.41) is 4.27. The number of anilines is 1. The Morgan fingerprint density at radius 1 is 1.21 bits per heavy atom. The van der Waals surface area contributed by atoms with Gasteiger partial charge in [0, 0.05) is 12.8 Å². The SMILES string of the molecule is Cc1cc(C)c(C)c(S(=O)(=O)Nc2cnn([C@H]3CCOC3)c2)c1C. The quantitative estimate of drug-likeness (QED) is 0.921. The van der Waals surface area contributed by atoms with Crippen LogP contribution in [0.1, 0.15) is 34.7 Å². The number of nitrogens with one attached hydrogen (secondary N) is 1. The maximum atomic E-state index is 12.9. The van der Waals surface area contributed by atoms with Crippen LogP contribution in [-0.4, -0.2) is 31.4 Å². The van der Waals surface area contributed by atoms with E-state index in [0.717, 1.165) is 28.7 Å². The summed E-state index contributed by atoms with van der Waals surface area (Å²) in [5.41, 5.74) is 3.97. The van der Waals surface area contributed by atoms with E-state index in [-0.39, 0.29) is 6.04 Å². The van der Waals surface area contributed by atoms with E-state index in [0.29, 0.717) is 23.8 Å². The van der Waals surface area contributed by atoms with Gasteiger partial charge in [-0.15, -0.1) is 0 Å². The first-order chi connectivity index (χ1) is 11.3. The molecule has 1 atom stereocenters. The molecule has 0 unspecified atom stereocenters. The third kappa shape index (κ3) is 3.06. The van der Waals surface area contributed by atoms with E-state index in [2.05, 4.69) is 9.82 Å². The molecule has 1 N–H and O–H groups in total. The van der Waals surface area contributed by atoms with Crippen molar-refractivity contribution in [2.75, 3.05) is 17.9 Å². The molecule has 0 bridgehead atoms. The molecule has 6 nitrogen and oxygen atoms in total. The number of rotatable bonds is 4. The van der Waals surface area contributed by atoms with Gasteiger partial charge in [-0.05, 0) is 56.4 Å². The second-order valence-electron chi connectivity index (χ2n) is 6.42. The molecule has 1 aliphatic heterocycles. The molecule has 1 aromatic carbocycles. The minimum atomic E-state index is -3.66. The van der Waals surface area contributed by atoms with Crippen LogP contribution in [0.15, 0.2) is 23.4 Å². The first-order valence-corrected chi connectivity index (χ1v) is 9.50. The lowest BCUT2D eigenvalue weighted by Crippen LogP contribution is -2.17. The van der Waals surface area contributed by atoms with Gasteiger partial charge in [-0.2, -0.15) is 5.10 Å². The number of benzene rings is 1. The van der Waals surface area contributed by atoms with Crippen molar-refractivity contribution in [3.8, 4) is 0 Å². The largest absolute Gasteiger partial charge is 0.379 e. The predicted octanol–water partition coefficient (Wildman–Crippen LogP) is 2.88. The molecule has 1 aliphatic rings. The summed E-state index contributed by atoms with van der Waals surface area (Å²) in [4.78, 5) is 0.358. The fourth-order valence-corrected chi connectivity index (χ4v) is 4.76. The highest BCUT2D eigenvalue weighted by Gasteiger charge is 2.24. The number of aromatic nitrogens is 2. The van der Waals surface area contributed by atoms with Gasteiger partial charge in [0.2, 0.25) is 0 Å². The predicted molar refractivity (Wildman–Crippen MR) is 92.9 cm³/mol.